The molecule has 0 bridgehead atoms. The topological polar surface area (TPSA) is 77.8 Å². The van der Waals surface area contributed by atoms with Gasteiger partial charge >= 0.3 is 6.18 Å². The number of ether oxygens (including phenoxy) is 2. The summed E-state index contributed by atoms with van der Waals surface area (Å²) in [5, 5.41) is 2.80. The van der Waals surface area contributed by atoms with E-state index in [0.717, 1.165) is 37.7 Å². The summed E-state index contributed by atoms with van der Waals surface area (Å²) in [5.41, 5.74) is 0.0547. The summed E-state index contributed by atoms with van der Waals surface area (Å²) in [5.74, 6) is -2.55. The van der Waals surface area contributed by atoms with Gasteiger partial charge in [0.15, 0.2) is 6.61 Å². The van der Waals surface area contributed by atoms with E-state index in [1.165, 1.54) is 18.2 Å². The summed E-state index contributed by atoms with van der Waals surface area (Å²) < 4.78 is 57.5. The summed E-state index contributed by atoms with van der Waals surface area (Å²) in [4.78, 5) is 25.2. The number of amides is 1. The highest BCUT2D eigenvalue weighted by Gasteiger charge is 2.40. The fourth-order valence-corrected chi connectivity index (χ4v) is 4.12. The van der Waals surface area contributed by atoms with Crippen LogP contribution in [0, 0.1) is 13.8 Å². The highest BCUT2D eigenvalue weighted by molar-refractivity contribution is 5.81. The van der Waals surface area contributed by atoms with E-state index in [0.29, 0.717) is 5.56 Å². The van der Waals surface area contributed by atoms with Crippen molar-refractivity contribution in [3.63, 3.8) is 0 Å². The Balaban J connectivity index is 1.61. The molecule has 1 N–H and O–H groups in total. The monoisotopic (exact) mass is 489 g/mol. The number of alkyl halides is 3. The van der Waals surface area contributed by atoms with E-state index in [9.17, 15) is 22.8 Å². The molecule has 1 aromatic heterocycles. The highest BCUT2D eigenvalue weighted by Crippen LogP contribution is 2.39. The van der Waals surface area contributed by atoms with Crippen molar-refractivity contribution in [1.29, 1.82) is 0 Å². The van der Waals surface area contributed by atoms with Crippen LogP contribution in [-0.4, -0.2) is 18.6 Å². The molecule has 0 aliphatic heterocycles. The minimum atomic E-state index is -4.98. The molecule has 0 spiro atoms. The molecule has 0 saturated heterocycles. The molecule has 2 aromatic carbocycles. The van der Waals surface area contributed by atoms with Crippen molar-refractivity contribution >= 4 is 16.9 Å². The number of hydrogen-bond acceptors (Lipinski definition) is 5. The first-order chi connectivity index (χ1) is 16.6. The van der Waals surface area contributed by atoms with Crippen molar-refractivity contribution in [2.45, 2.75) is 58.2 Å². The molecule has 35 heavy (non-hydrogen) atoms. The Morgan fingerprint density at radius 2 is 1.83 bits per heavy atom. The van der Waals surface area contributed by atoms with Crippen LogP contribution in [-0.2, 0) is 11.0 Å². The number of hydrogen-bond donors (Lipinski definition) is 1. The summed E-state index contributed by atoms with van der Waals surface area (Å²) in [6.07, 6.45) is 0.136. The third-order valence-electron chi connectivity index (χ3n) is 5.98. The van der Waals surface area contributed by atoms with E-state index >= 15 is 0 Å². The van der Waals surface area contributed by atoms with Crippen molar-refractivity contribution < 1.29 is 31.9 Å². The number of nitrogens with one attached hydrogen (secondary N) is 1. The molecule has 1 aliphatic carbocycles. The number of benzene rings is 2. The number of fused-ring (bicyclic) bond motifs is 1. The molecule has 0 unspecified atom stereocenters. The number of aryl methyl sites for hydroxylation is 2. The van der Waals surface area contributed by atoms with Crippen LogP contribution in [0.5, 0.6) is 17.2 Å². The normalized spacial score (nSPS) is 14.7. The van der Waals surface area contributed by atoms with Crippen LogP contribution >= 0.6 is 0 Å². The van der Waals surface area contributed by atoms with E-state index in [-0.39, 0.29) is 41.0 Å². The summed E-state index contributed by atoms with van der Waals surface area (Å²) >= 11 is 0. The lowest BCUT2D eigenvalue weighted by Crippen LogP contribution is -2.38. The van der Waals surface area contributed by atoms with Crippen molar-refractivity contribution in [3.8, 4) is 17.2 Å². The average molecular weight is 489 g/mol. The smallest absolute Gasteiger partial charge is 0.453 e. The quantitative estimate of drug-likeness (QED) is 0.456. The van der Waals surface area contributed by atoms with Gasteiger partial charge in [0.2, 0.25) is 11.2 Å². The number of carbonyl (C=O) groups is 1. The van der Waals surface area contributed by atoms with Gasteiger partial charge in [-0.1, -0.05) is 31.4 Å². The first-order valence-corrected chi connectivity index (χ1v) is 11.5. The van der Waals surface area contributed by atoms with Gasteiger partial charge in [0, 0.05) is 12.1 Å². The van der Waals surface area contributed by atoms with Gasteiger partial charge in [-0.2, -0.15) is 13.2 Å². The Hall–Kier alpha value is -3.49. The molecule has 4 rings (SSSR count). The zero-order valence-corrected chi connectivity index (χ0v) is 19.5. The second-order valence-electron chi connectivity index (χ2n) is 8.81. The van der Waals surface area contributed by atoms with E-state index in [1.54, 1.807) is 32.0 Å². The van der Waals surface area contributed by atoms with Crippen LogP contribution in [0.3, 0.4) is 0 Å². The van der Waals surface area contributed by atoms with Crippen LogP contribution in [0.1, 0.15) is 49.0 Å². The van der Waals surface area contributed by atoms with E-state index in [1.807, 2.05) is 0 Å². The second kappa shape index (κ2) is 10.0. The maximum absolute atomic E-state index is 13.8. The third kappa shape index (κ3) is 5.78. The Labute approximate surface area is 200 Å². The molecule has 9 heteroatoms. The van der Waals surface area contributed by atoms with Crippen molar-refractivity contribution in [2.24, 2.45) is 0 Å². The molecule has 0 radical (unpaired) electrons. The zero-order valence-electron chi connectivity index (χ0n) is 19.5. The maximum atomic E-state index is 13.8. The second-order valence-corrected chi connectivity index (χ2v) is 8.81. The number of carbonyl (C=O) groups excluding carboxylic acids is 1. The molecular formula is C26H26F3NO5. The molecule has 3 aromatic rings. The van der Waals surface area contributed by atoms with Gasteiger partial charge in [-0.05, 0) is 56.0 Å². The lowest BCUT2D eigenvalue weighted by Gasteiger charge is -2.22. The van der Waals surface area contributed by atoms with Gasteiger partial charge < -0.3 is 19.2 Å². The van der Waals surface area contributed by atoms with Crippen molar-refractivity contribution in [3.05, 3.63) is 63.5 Å². The van der Waals surface area contributed by atoms with Crippen LogP contribution in [0.2, 0.25) is 0 Å². The minimum absolute atomic E-state index is 0.0997. The predicted octanol–water partition coefficient (Wildman–Crippen LogP) is 6.05. The maximum Gasteiger partial charge on any atom is 0.453 e. The van der Waals surface area contributed by atoms with Gasteiger partial charge in [0.25, 0.3) is 11.7 Å². The zero-order chi connectivity index (χ0) is 25.2. The van der Waals surface area contributed by atoms with E-state index in [4.69, 9.17) is 13.9 Å². The fourth-order valence-electron chi connectivity index (χ4n) is 4.12. The summed E-state index contributed by atoms with van der Waals surface area (Å²) in [6.45, 7) is 3.13. The summed E-state index contributed by atoms with van der Waals surface area (Å²) in [7, 11) is 0. The molecule has 1 aliphatic rings. The lowest BCUT2D eigenvalue weighted by molar-refractivity contribution is -0.154. The highest BCUT2D eigenvalue weighted by atomic mass is 19.4. The molecule has 6 nitrogen and oxygen atoms in total. The fraction of sp³-hybridized carbons (Fsp3) is 0.385. The number of rotatable bonds is 6. The third-order valence-corrected chi connectivity index (χ3v) is 5.98. The van der Waals surface area contributed by atoms with Crippen molar-refractivity contribution in [1.82, 2.24) is 5.32 Å². The summed E-state index contributed by atoms with van der Waals surface area (Å²) in [6, 6.07) is 9.00. The Morgan fingerprint density at radius 1 is 1.09 bits per heavy atom. The van der Waals surface area contributed by atoms with Crippen LogP contribution < -0.4 is 20.2 Å². The molecule has 186 valence electrons. The molecule has 1 saturated carbocycles. The molecule has 1 fully saturated rings. The SMILES string of the molecule is Cc1ccc(C)c(Oc2c(C(F)(F)F)oc3cc(OCC(=O)NC4CCCCC4)ccc3c2=O)c1. The van der Waals surface area contributed by atoms with Gasteiger partial charge in [-0.25, -0.2) is 0 Å². The average Bonchev–Trinajstić information content (AvgIpc) is 2.81. The lowest BCUT2D eigenvalue weighted by atomic mass is 9.95. The minimum Gasteiger partial charge on any atom is -0.484 e. The Morgan fingerprint density at radius 3 is 2.54 bits per heavy atom. The first-order valence-electron chi connectivity index (χ1n) is 11.5. The van der Waals surface area contributed by atoms with Gasteiger partial charge in [0.05, 0.1) is 5.39 Å². The standard InChI is InChI=1S/C26H26F3NO5/c1-15-8-9-16(2)20(12-15)34-24-23(32)19-11-10-18(13-21(19)35-25(24)26(27,28)29)33-14-22(31)30-17-6-4-3-5-7-17/h8-13,17H,3-7,14H2,1-2H3,(H,30,31). The van der Waals surface area contributed by atoms with Gasteiger partial charge in [-0.15, -0.1) is 0 Å². The van der Waals surface area contributed by atoms with Crippen molar-refractivity contribution in [2.75, 3.05) is 6.61 Å². The largest absolute Gasteiger partial charge is 0.484 e. The Kier molecular flexibility index (Phi) is 7.05. The van der Waals surface area contributed by atoms with Crippen LogP contribution in [0.15, 0.2) is 45.6 Å². The molecule has 1 heterocycles. The molecular weight excluding hydrogens is 463 g/mol. The molecule has 0 atom stereocenters. The Bertz CT molecular complexity index is 1290. The number of halogens is 3. The molecule has 1 amide bonds. The van der Waals surface area contributed by atoms with Crippen LogP contribution in [0.4, 0.5) is 13.2 Å². The van der Waals surface area contributed by atoms with Crippen LogP contribution in [0.25, 0.3) is 11.0 Å². The van der Waals surface area contributed by atoms with Gasteiger partial charge in [0.1, 0.15) is 17.1 Å². The van der Waals surface area contributed by atoms with Gasteiger partial charge in [-0.3, -0.25) is 9.59 Å². The van der Waals surface area contributed by atoms with E-state index < -0.39 is 23.1 Å². The van der Waals surface area contributed by atoms with E-state index in [2.05, 4.69) is 5.32 Å². The predicted molar refractivity (Wildman–Crippen MR) is 124 cm³/mol. The first kappa shape index (κ1) is 24.6.